The van der Waals surface area contributed by atoms with Crippen LogP contribution in [-0.2, 0) is 6.54 Å². The van der Waals surface area contributed by atoms with Crippen molar-refractivity contribution in [3.8, 4) is 11.3 Å². The highest BCUT2D eigenvalue weighted by Gasteiger charge is 2.18. The second-order valence-electron chi connectivity index (χ2n) is 5.77. The summed E-state index contributed by atoms with van der Waals surface area (Å²) < 4.78 is 1.87. The van der Waals surface area contributed by atoms with E-state index >= 15 is 0 Å². The molecule has 0 atom stereocenters. The lowest BCUT2D eigenvalue weighted by Gasteiger charge is -2.16. The first-order valence-corrected chi connectivity index (χ1v) is 8.23. The molecule has 0 amide bonds. The molecule has 6 heteroatoms. The highest BCUT2D eigenvalue weighted by atomic mass is 35.5. The van der Waals surface area contributed by atoms with Crippen LogP contribution in [0.1, 0.15) is 18.5 Å². The van der Waals surface area contributed by atoms with E-state index in [4.69, 9.17) is 27.4 Å². The first kappa shape index (κ1) is 14.5. The van der Waals surface area contributed by atoms with Crippen molar-refractivity contribution in [3.05, 3.63) is 47.1 Å². The quantitative estimate of drug-likeness (QED) is 0.803. The number of imidazole rings is 1. The van der Waals surface area contributed by atoms with Gasteiger partial charge in [0.1, 0.15) is 5.82 Å². The highest BCUT2D eigenvalue weighted by Crippen LogP contribution is 2.26. The monoisotopic (exact) mass is 327 g/mol. The minimum Gasteiger partial charge on any atom is -0.355 e. The van der Waals surface area contributed by atoms with Crippen LogP contribution in [0, 0.1) is 0 Å². The molecule has 0 radical (unpaired) electrons. The normalized spacial score (nSPS) is 14.8. The molecule has 0 bridgehead atoms. The van der Waals surface area contributed by atoms with Gasteiger partial charge in [0.25, 0.3) is 0 Å². The molecule has 0 saturated carbocycles. The van der Waals surface area contributed by atoms with Crippen LogP contribution in [0.15, 0.2) is 36.4 Å². The summed E-state index contributed by atoms with van der Waals surface area (Å²) in [6.45, 7) is 2.51. The van der Waals surface area contributed by atoms with Gasteiger partial charge in [-0.3, -0.25) is 0 Å². The molecule has 1 aliphatic heterocycles. The first-order chi connectivity index (χ1) is 11.3. The van der Waals surface area contributed by atoms with E-state index in [1.54, 1.807) is 0 Å². The van der Waals surface area contributed by atoms with E-state index in [1.807, 2.05) is 40.9 Å². The fraction of sp³-hybridized carbons (Fsp3) is 0.294. The highest BCUT2D eigenvalue weighted by molar-refractivity contribution is 6.30. The summed E-state index contributed by atoms with van der Waals surface area (Å²) >= 11 is 5.98. The fourth-order valence-electron chi connectivity index (χ4n) is 3.11. The lowest BCUT2D eigenvalue weighted by molar-refractivity contribution is 0.815. The Morgan fingerprint density at radius 2 is 1.78 bits per heavy atom. The number of nitrogens with two attached hydrogens (primary N) is 1. The summed E-state index contributed by atoms with van der Waals surface area (Å²) in [7, 11) is 0. The minimum atomic E-state index is 0.385. The number of anilines is 1. The van der Waals surface area contributed by atoms with Gasteiger partial charge in [0.05, 0.1) is 11.4 Å². The third kappa shape index (κ3) is 2.56. The molecule has 0 spiro atoms. The molecule has 1 saturated heterocycles. The minimum absolute atomic E-state index is 0.385. The number of rotatable bonds is 3. The summed E-state index contributed by atoms with van der Waals surface area (Å²) in [6.07, 6.45) is 2.45. The molecule has 2 N–H and O–H groups in total. The van der Waals surface area contributed by atoms with Gasteiger partial charge in [0, 0.05) is 30.2 Å². The predicted octanol–water partition coefficient (Wildman–Crippen LogP) is 3.11. The van der Waals surface area contributed by atoms with Crippen LogP contribution in [-0.4, -0.2) is 27.7 Å². The van der Waals surface area contributed by atoms with Crippen molar-refractivity contribution < 1.29 is 0 Å². The summed E-state index contributed by atoms with van der Waals surface area (Å²) in [6, 6.07) is 11.7. The molecule has 0 unspecified atom stereocenters. The summed E-state index contributed by atoms with van der Waals surface area (Å²) in [5.74, 6) is 0.991. The van der Waals surface area contributed by atoms with Crippen molar-refractivity contribution in [1.29, 1.82) is 0 Å². The van der Waals surface area contributed by atoms with Gasteiger partial charge in [-0.15, -0.1) is 5.10 Å². The Labute approximate surface area is 139 Å². The largest absolute Gasteiger partial charge is 0.355 e. The first-order valence-electron chi connectivity index (χ1n) is 7.86. The van der Waals surface area contributed by atoms with E-state index in [0.29, 0.717) is 11.6 Å². The molecule has 118 valence electrons. The Kier molecular flexibility index (Phi) is 3.67. The van der Waals surface area contributed by atoms with Gasteiger partial charge in [-0.05, 0) is 37.1 Å². The molecule has 3 aromatic rings. The Morgan fingerprint density at radius 1 is 1.04 bits per heavy atom. The number of aromatic nitrogens is 3. The average Bonchev–Trinajstić information content (AvgIpc) is 3.22. The Bertz CT molecular complexity index is 834. The second kappa shape index (κ2) is 5.83. The lowest BCUT2D eigenvalue weighted by atomic mass is 10.1. The van der Waals surface area contributed by atoms with E-state index < -0.39 is 0 Å². The standard InChI is InChI=1S/C17H18ClN5/c18-13-5-3-12(4-6-13)17-14(11-19)23-15(20-17)7-8-16(21-23)22-9-1-2-10-22/h3-8H,1-2,9-11,19H2. The van der Waals surface area contributed by atoms with Crippen molar-refractivity contribution in [2.45, 2.75) is 19.4 Å². The van der Waals surface area contributed by atoms with Gasteiger partial charge >= 0.3 is 0 Å². The molecule has 1 aromatic carbocycles. The zero-order valence-corrected chi connectivity index (χ0v) is 13.5. The fourth-order valence-corrected chi connectivity index (χ4v) is 3.23. The molecule has 3 heterocycles. The Hall–Kier alpha value is -2.11. The number of hydrogen-bond acceptors (Lipinski definition) is 4. The number of nitrogens with zero attached hydrogens (tertiary/aromatic N) is 4. The molecule has 4 rings (SSSR count). The van der Waals surface area contributed by atoms with Gasteiger partial charge in [-0.2, -0.15) is 0 Å². The molecule has 1 fully saturated rings. The second-order valence-corrected chi connectivity index (χ2v) is 6.21. The number of hydrogen-bond donors (Lipinski definition) is 1. The maximum Gasteiger partial charge on any atom is 0.154 e. The van der Waals surface area contributed by atoms with Crippen LogP contribution in [0.4, 0.5) is 5.82 Å². The van der Waals surface area contributed by atoms with E-state index in [-0.39, 0.29) is 0 Å². The van der Waals surface area contributed by atoms with Gasteiger partial charge in [0.15, 0.2) is 5.65 Å². The van der Waals surface area contributed by atoms with E-state index in [1.165, 1.54) is 12.8 Å². The van der Waals surface area contributed by atoms with Crippen LogP contribution in [0.2, 0.25) is 5.02 Å². The molecule has 1 aliphatic rings. The van der Waals surface area contributed by atoms with Crippen molar-refractivity contribution in [2.75, 3.05) is 18.0 Å². The van der Waals surface area contributed by atoms with E-state index in [9.17, 15) is 0 Å². The van der Waals surface area contributed by atoms with Gasteiger partial charge in [0.2, 0.25) is 0 Å². The zero-order chi connectivity index (χ0) is 15.8. The van der Waals surface area contributed by atoms with Crippen LogP contribution in [0.5, 0.6) is 0 Å². The summed E-state index contributed by atoms with van der Waals surface area (Å²) in [5, 5.41) is 5.48. The van der Waals surface area contributed by atoms with E-state index in [2.05, 4.69) is 4.90 Å². The van der Waals surface area contributed by atoms with Crippen molar-refractivity contribution in [1.82, 2.24) is 14.6 Å². The molecular formula is C17H18ClN5. The predicted molar refractivity (Wildman–Crippen MR) is 92.8 cm³/mol. The third-order valence-corrected chi connectivity index (χ3v) is 4.55. The van der Waals surface area contributed by atoms with Crippen LogP contribution in [0.3, 0.4) is 0 Å². The van der Waals surface area contributed by atoms with Crippen LogP contribution >= 0.6 is 11.6 Å². The molecular weight excluding hydrogens is 310 g/mol. The van der Waals surface area contributed by atoms with Crippen molar-refractivity contribution in [3.63, 3.8) is 0 Å². The maximum atomic E-state index is 5.99. The SMILES string of the molecule is NCc1c(-c2ccc(Cl)cc2)nc2ccc(N3CCCC3)nn12. The van der Waals surface area contributed by atoms with Gasteiger partial charge in [-0.1, -0.05) is 23.7 Å². The third-order valence-electron chi connectivity index (χ3n) is 4.30. The smallest absolute Gasteiger partial charge is 0.154 e. The van der Waals surface area contributed by atoms with Crippen LogP contribution < -0.4 is 10.6 Å². The van der Waals surface area contributed by atoms with Crippen molar-refractivity contribution >= 4 is 23.1 Å². The Balaban J connectivity index is 1.84. The summed E-state index contributed by atoms with van der Waals surface area (Å²) in [4.78, 5) is 7.02. The van der Waals surface area contributed by atoms with Crippen LogP contribution in [0.25, 0.3) is 16.9 Å². The molecule has 2 aromatic heterocycles. The number of fused-ring (bicyclic) bond motifs is 1. The van der Waals surface area contributed by atoms with Gasteiger partial charge < -0.3 is 10.6 Å². The topological polar surface area (TPSA) is 59.5 Å². The number of benzene rings is 1. The maximum absolute atomic E-state index is 5.99. The lowest BCUT2D eigenvalue weighted by Crippen LogP contribution is -2.20. The average molecular weight is 328 g/mol. The van der Waals surface area contributed by atoms with Gasteiger partial charge in [-0.25, -0.2) is 9.50 Å². The zero-order valence-electron chi connectivity index (χ0n) is 12.7. The Morgan fingerprint density at radius 3 is 2.48 bits per heavy atom. The van der Waals surface area contributed by atoms with E-state index in [0.717, 1.165) is 41.5 Å². The molecule has 23 heavy (non-hydrogen) atoms. The summed E-state index contributed by atoms with van der Waals surface area (Å²) in [5.41, 5.74) is 9.60. The molecule has 5 nitrogen and oxygen atoms in total. The number of halogens is 1. The van der Waals surface area contributed by atoms with Crippen molar-refractivity contribution in [2.24, 2.45) is 5.73 Å². The molecule has 0 aliphatic carbocycles.